The average molecular weight is 465 g/mol. The maximum atomic E-state index is 12.8. The van der Waals surface area contributed by atoms with Crippen LogP contribution in [-0.2, 0) is 4.79 Å². The number of aromatic nitrogens is 2. The summed E-state index contributed by atoms with van der Waals surface area (Å²) in [5.74, 6) is -0.418. The fraction of sp³-hybridized carbons (Fsp3) is 0.158. The molecule has 1 atom stereocenters. The summed E-state index contributed by atoms with van der Waals surface area (Å²) in [7, 11) is 0. The number of aliphatic carboxylic acids is 1. The molecule has 0 aliphatic heterocycles. The van der Waals surface area contributed by atoms with Crippen LogP contribution in [0.1, 0.15) is 18.3 Å². The Morgan fingerprint density at radius 1 is 1.36 bits per heavy atom. The molecular formula is C19H15BrClN3O4. The summed E-state index contributed by atoms with van der Waals surface area (Å²) in [6.07, 6.45) is 0.327. The Morgan fingerprint density at radius 2 is 2.11 bits per heavy atom. The molecule has 0 amide bonds. The average Bonchev–Trinajstić information content (AvgIpc) is 2.64. The summed E-state index contributed by atoms with van der Waals surface area (Å²) >= 11 is 9.38. The van der Waals surface area contributed by atoms with Gasteiger partial charge in [-0.2, -0.15) is 9.78 Å². The minimum atomic E-state index is -1.10. The van der Waals surface area contributed by atoms with E-state index in [1.165, 1.54) is 17.8 Å². The van der Waals surface area contributed by atoms with E-state index in [-0.39, 0.29) is 11.3 Å². The van der Waals surface area contributed by atoms with E-state index in [2.05, 4.69) is 26.0 Å². The van der Waals surface area contributed by atoms with Gasteiger partial charge in [-0.05, 0) is 50.2 Å². The molecule has 0 saturated heterocycles. The molecule has 0 aliphatic rings. The van der Waals surface area contributed by atoms with Crippen LogP contribution in [0.4, 0.5) is 0 Å². The molecule has 3 rings (SSSR count). The third-order valence-corrected chi connectivity index (χ3v) is 4.63. The molecule has 0 bridgehead atoms. The van der Waals surface area contributed by atoms with Crippen molar-refractivity contribution >= 4 is 50.6 Å². The Hall–Kier alpha value is -2.71. The molecule has 0 radical (unpaired) electrons. The maximum Gasteiger partial charge on any atom is 0.344 e. The van der Waals surface area contributed by atoms with E-state index >= 15 is 0 Å². The highest BCUT2D eigenvalue weighted by Crippen LogP contribution is 2.23. The Balaban J connectivity index is 2.06. The van der Waals surface area contributed by atoms with Crippen LogP contribution in [0.2, 0.25) is 5.02 Å². The SMILES string of the molecule is Cc1nc2ccc(Br)cc2c(=O)n1N=Cc1cc(Cl)ccc1O[C@@H](C)C(=O)O. The van der Waals surface area contributed by atoms with Gasteiger partial charge in [0.25, 0.3) is 5.56 Å². The van der Waals surface area contributed by atoms with Crippen LogP contribution >= 0.6 is 27.5 Å². The molecular weight excluding hydrogens is 450 g/mol. The lowest BCUT2D eigenvalue weighted by Gasteiger charge is -2.13. The van der Waals surface area contributed by atoms with Gasteiger partial charge in [-0.15, -0.1) is 0 Å². The van der Waals surface area contributed by atoms with E-state index in [1.807, 2.05) is 0 Å². The van der Waals surface area contributed by atoms with E-state index in [9.17, 15) is 9.59 Å². The second-order valence-corrected chi connectivity index (χ2v) is 7.31. The first-order valence-corrected chi connectivity index (χ1v) is 9.35. The summed E-state index contributed by atoms with van der Waals surface area (Å²) in [6, 6.07) is 9.93. The van der Waals surface area contributed by atoms with Crippen molar-refractivity contribution in [1.82, 2.24) is 9.66 Å². The van der Waals surface area contributed by atoms with Crippen molar-refractivity contribution in [3.05, 3.63) is 67.6 Å². The van der Waals surface area contributed by atoms with Gasteiger partial charge >= 0.3 is 5.97 Å². The van der Waals surface area contributed by atoms with Crippen LogP contribution in [0, 0.1) is 6.92 Å². The maximum absolute atomic E-state index is 12.8. The third-order valence-electron chi connectivity index (χ3n) is 3.91. The molecule has 0 spiro atoms. The van der Waals surface area contributed by atoms with Gasteiger partial charge in [0.2, 0.25) is 0 Å². The Kier molecular flexibility index (Phi) is 5.81. The Bertz CT molecular complexity index is 1160. The predicted molar refractivity (Wildman–Crippen MR) is 111 cm³/mol. The number of nitrogens with zero attached hydrogens (tertiary/aromatic N) is 3. The highest BCUT2D eigenvalue weighted by Gasteiger charge is 2.15. The number of rotatable bonds is 5. The van der Waals surface area contributed by atoms with Gasteiger partial charge in [0.15, 0.2) is 6.10 Å². The van der Waals surface area contributed by atoms with E-state index in [1.54, 1.807) is 43.3 Å². The summed E-state index contributed by atoms with van der Waals surface area (Å²) in [5, 5.41) is 14.1. The quantitative estimate of drug-likeness (QED) is 0.579. The minimum absolute atomic E-state index is 0.283. The number of ether oxygens (including phenoxy) is 1. The molecule has 0 aliphatic carbocycles. The highest BCUT2D eigenvalue weighted by molar-refractivity contribution is 9.10. The third kappa shape index (κ3) is 4.23. The van der Waals surface area contributed by atoms with Gasteiger partial charge < -0.3 is 9.84 Å². The Morgan fingerprint density at radius 3 is 2.82 bits per heavy atom. The fourth-order valence-corrected chi connectivity index (χ4v) is 3.03. The first-order valence-electron chi connectivity index (χ1n) is 8.18. The molecule has 3 aromatic rings. The molecule has 7 nitrogen and oxygen atoms in total. The molecule has 2 aromatic carbocycles. The first-order chi connectivity index (χ1) is 13.3. The summed E-state index contributed by atoms with van der Waals surface area (Å²) < 4.78 is 7.36. The predicted octanol–water partition coefficient (Wildman–Crippen LogP) is 3.85. The lowest BCUT2D eigenvalue weighted by Crippen LogP contribution is -2.23. The van der Waals surface area contributed by atoms with Crippen molar-refractivity contribution < 1.29 is 14.6 Å². The smallest absolute Gasteiger partial charge is 0.344 e. The topological polar surface area (TPSA) is 93.8 Å². The van der Waals surface area contributed by atoms with Crippen LogP contribution in [0.25, 0.3) is 10.9 Å². The number of benzene rings is 2. The lowest BCUT2D eigenvalue weighted by molar-refractivity contribution is -0.144. The monoisotopic (exact) mass is 463 g/mol. The molecule has 144 valence electrons. The summed E-state index contributed by atoms with van der Waals surface area (Å²) in [4.78, 5) is 28.3. The highest BCUT2D eigenvalue weighted by atomic mass is 79.9. The summed E-state index contributed by atoms with van der Waals surface area (Å²) in [5.41, 5.74) is 0.670. The molecule has 9 heteroatoms. The van der Waals surface area contributed by atoms with Crippen LogP contribution < -0.4 is 10.3 Å². The number of hydrogen-bond acceptors (Lipinski definition) is 5. The number of carboxylic acids is 1. The van der Waals surface area contributed by atoms with Crippen molar-refractivity contribution in [1.29, 1.82) is 0 Å². The van der Waals surface area contributed by atoms with Crippen molar-refractivity contribution in [3.63, 3.8) is 0 Å². The number of fused-ring (bicyclic) bond motifs is 1. The van der Waals surface area contributed by atoms with Gasteiger partial charge in [-0.1, -0.05) is 27.5 Å². The van der Waals surface area contributed by atoms with Gasteiger partial charge in [0.05, 0.1) is 17.1 Å². The largest absolute Gasteiger partial charge is 0.479 e. The minimum Gasteiger partial charge on any atom is -0.479 e. The number of hydrogen-bond donors (Lipinski definition) is 1. The number of aryl methyl sites for hydroxylation is 1. The Labute approximate surface area is 173 Å². The molecule has 1 N–H and O–H groups in total. The van der Waals surface area contributed by atoms with Crippen LogP contribution in [0.3, 0.4) is 0 Å². The van der Waals surface area contributed by atoms with Crippen LogP contribution in [-0.4, -0.2) is 33.1 Å². The van der Waals surface area contributed by atoms with E-state index in [0.717, 1.165) is 4.47 Å². The molecule has 28 heavy (non-hydrogen) atoms. The van der Waals surface area contributed by atoms with Crippen molar-refractivity contribution in [2.75, 3.05) is 0 Å². The standard InChI is InChI=1S/C19H15BrClN3O4/c1-10(19(26)27)28-17-6-4-14(21)7-12(17)9-22-24-11(2)23-16-5-3-13(20)8-15(16)18(24)25/h3-10H,1-2H3,(H,26,27)/t10-/m0/s1. The zero-order valence-electron chi connectivity index (χ0n) is 14.9. The lowest BCUT2D eigenvalue weighted by atomic mass is 10.2. The molecule has 0 unspecified atom stereocenters. The number of carboxylic acid groups (broad SMARTS) is 1. The number of halogens is 2. The second kappa shape index (κ2) is 8.12. The van der Waals surface area contributed by atoms with E-state index < -0.39 is 12.1 Å². The second-order valence-electron chi connectivity index (χ2n) is 5.96. The van der Waals surface area contributed by atoms with Crippen molar-refractivity contribution in [2.45, 2.75) is 20.0 Å². The normalized spacial score (nSPS) is 12.4. The number of carbonyl (C=O) groups is 1. The fourth-order valence-electron chi connectivity index (χ4n) is 2.48. The van der Waals surface area contributed by atoms with E-state index in [0.29, 0.717) is 27.3 Å². The van der Waals surface area contributed by atoms with Crippen molar-refractivity contribution in [2.24, 2.45) is 5.10 Å². The molecule has 0 fully saturated rings. The zero-order valence-corrected chi connectivity index (χ0v) is 17.2. The first kappa shape index (κ1) is 20.0. The van der Waals surface area contributed by atoms with Gasteiger partial charge in [-0.25, -0.2) is 9.78 Å². The molecule has 1 heterocycles. The van der Waals surface area contributed by atoms with Crippen LogP contribution in [0.5, 0.6) is 5.75 Å². The van der Waals surface area contributed by atoms with Gasteiger partial charge in [0, 0.05) is 15.1 Å². The van der Waals surface area contributed by atoms with Crippen molar-refractivity contribution in [3.8, 4) is 5.75 Å². The van der Waals surface area contributed by atoms with Crippen LogP contribution in [0.15, 0.2) is 50.8 Å². The molecule has 1 aromatic heterocycles. The van der Waals surface area contributed by atoms with E-state index in [4.69, 9.17) is 21.4 Å². The zero-order chi connectivity index (χ0) is 20.4. The van der Waals surface area contributed by atoms with Gasteiger partial charge in [0.1, 0.15) is 11.6 Å². The van der Waals surface area contributed by atoms with Gasteiger partial charge in [-0.3, -0.25) is 4.79 Å². The summed E-state index contributed by atoms with van der Waals surface area (Å²) in [6.45, 7) is 3.08. The molecule has 0 saturated carbocycles.